The number of aromatic nitrogens is 2. The highest BCUT2D eigenvalue weighted by Crippen LogP contribution is 2.18. The summed E-state index contributed by atoms with van der Waals surface area (Å²) in [6, 6.07) is 0. The number of aryl methyl sites for hydroxylation is 1. The minimum Gasteiger partial charge on any atom is -0.390 e. The smallest absolute Gasteiger partial charge is 0.124 e. The summed E-state index contributed by atoms with van der Waals surface area (Å²) in [5.41, 5.74) is 1.31. The lowest BCUT2D eigenvalue weighted by Gasteiger charge is -2.16. The normalized spacial score (nSPS) is 15.4. The predicted octanol–water partition coefficient (Wildman–Crippen LogP) is -0.278. The maximum Gasteiger partial charge on any atom is 0.124 e. The van der Waals surface area contributed by atoms with E-state index in [1.165, 1.54) is 6.33 Å². The van der Waals surface area contributed by atoms with E-state index in [9.17, 15) is 10.2 Å². The van der Waals surface area contributed by atoms with Crippen LogP contribution in [0.5, 0.6) is 0 Å². The Kier molecular flexibility index (Phi) is 4.06. The summed E-state index contributed by atoms with van der Waals surface area (Å²) in [7, 11) is 1.80. The number of hydrogen-bond acceptors (Lipinski definition) is 4. The van der Waals surface area contributed by atoms with Gasteiger partial charge in [0.15, 0.2) is 0 Å². The van der Waals surface area contributed by atoms with E-state index in [0.717, 1.165) is 5.69 Å². The van der Waals surface area contributed by atoms with Crippen molar-refractivity contribution in [3.63, 3.8) is 0 Å². The van der Waals surface area contributed by atoms with Crippen LogP contribution in [0.1, 0.15) is 23.9 Å². The van der Waals surface area contributed by atoms with Gasteiger partial charge >= 0.3 is 0 Å². The lowest BCUT2D eigenvalue weighted by molar-refractivity contribution is 0.0114. The Hall–Kier alpha value is -0.910. The molecule has 5 heteroatoms. The van der Waals surface area contributed by atoms with Gasteiger partial charge in [-0.1, -0.05) is 0 Å². The van der Waals surface area contributed by atoms with Crippen molar-refractivity contribution in [2.75, 3.05) is 13.6 Å². The van der Waals surface area contributed by atoms with Crippen molar-refractivity contribution in [1.82, 2.24) is 15.3 Å². The molecule has 0 saturated heterocycles. The molecule has 2 unspecified atom stereocenters. The summed E-state index contributed by atoms with van der Waals surface area (Å²) >= 11 is 0. The summed E-state index contributed by atoms with van der Waals surface area (Å²) in [5, 5.41) is 22.2. The molecule has 0 aromatic carbocycles. The molecule has 1 aromatic rings. The summed E-state index contributed by atoms with van der Waals surface area (Å²) in [5.74, 6) is 0. The lowest BCUT2D eigenvalue weighted by atomic mass is 10.1. The second-order valence-corrected chi connectivity index (χ2v) is 3.32. The summed E-state index contributed by atoms with van der Waals surface area (Å²) in [4.78, 5) is 6.82. The molecule has 0 fully saturated rings. The van der Waals surface area contributed by atoms with Crippen LogP contribution in [0.25, 0.3) is 0 Å². The molecule has 0 aliphatic heterocycles. The first kappa shape index (κ1) is 11.2. The predicted molar refractivity (Wildman–Crippen MR) is 52.8 cm³/mol. The second kappa shape index (κ2) is 5.09. The van der Waals surface area contributed by atoms with Crippen molar-refractivity contribution < 1.29 is 10.2 Å². The summed E-state index contributed by atoms with van der Waals surface area (Å²) < 4.78 is 0. The van der Waals surface area contributed by atoms with E-state index in [2.05, 4.69) is 15.3 Å². The molecule has 0 radical (unpaired) electrons. The molecule has 4 N–H and O–H groups in total. The SMILES string of the molecule is CNCCC(O)C(O)c1nc[nH]c1C. The number of nitrogens with zero attached hydrogens (tertiary/aromatic N) is 1. The minimum atomic E-state index is -0.908. The first-order chi connectivity index (χ1) is 6.66. The van der Waals surface area contributed by atoms with Crippen molar-refractivity contribution in [3.05, 3.63) is 17.7 Å². The fraction of sp³-hybridized carbons (Fsp3) is 0.667. The molecule has 1 rings (SSSR count). The van der Waals surface area contributed by atoms with E-state index in [-0.39, 0.29) is 0 Å². The van der Waals surface area contributed by atoms with E-state index in [0.29, 0.717) is 18.7 Å². The number of rotatable bonds is 5. The fourth-order valence-corrected chi connectivity index (χ4v) is 1.30. The topological polar surface area (TPSA) is 81.2 Å². The molecular formula is C9H17N3O2. The van der Waals surface area contributed by atoms with Gasteiger partial charge < -0.3 is 20.5 Å². The number of aliphatic hydroxyl groups excluding tert-OH is 2. The fourth-order valence-electron chi connectivity index (χ4n) is 1.30. The molecule has 0 amide bonds. The number of H-pyrrole nitrogens is 1. The van der Waals surface area contributed by atoms with Crippen LogP contribution in [0.2, 0.25) is 0 Å². The van der Waals surface area contributed by atoms with Crippen molar-refractivity contribution >= 4 is 0 Å². The third-order valence-corrected chi connectivity index (χ3v) is 2.20. The number of nitrogens with one attached hydrogen (secondary N) is 2. The molecule has 80 valence electrons. The van der Waals surface area contributed by atoms with Gasteiger partial charge in [-0.05, 0) is 26.9 Å². The highest BCUT2D eigenvalue weighted by atomic mass is 16.3. The van der Waals surface area contributed by atoms with E-state index >= 15 is 0 Å². The molecule has 5 nitrogen and oxygen atoms in total. The van der Waals surface area contributed by atoms with Gasteiger partial charge in [-0.3, -0.25) is 0 Å². The van der Waals surface area contributed by atoms with E-state index < -0.39 is 12.2 Å². The molecule has 0 spiro atoms. The summed E-state index contributed by atoms with van der Waals surface area (Å²) in [6.07, 6.45) is 0.335. The maximum atomic E-state index is 9.73. The van der Waals surface area contributed by atoms with Crippen LogP contribution >= 0.6 is 0 Å². The number of imidazole rings is 1. The molecule has 0 aliphatic rings. The molecule has 0 saturated carbocycles. The summed E-state index contributed by atoms with van der Waals surface area (Å²) in [6.45, 7) is 2.48. The quantitative estimate of drug-likeness (QED) is 0.526. The van der Waals surface area contributed by atoms with Crippen LogP contribution < -0.4 is 5.32 Å². The van der Waals surface area contributed by atoms with Crippen LogP contribution in [0, 0.1) is 6.92 Å². The van der Waals surface area contributed by atoms with Crippen molar-refractivity contribution in [2.24, 2.45) is 0 Å². The van der Waals surface area contributed by atoms with Gasteiger partial charge in [-0.2, -0.15) is 0 Å². The number of aliphatic hydroxyl groups is 2. The van der Waals surface area contributed by atoms with E-state index in [1.54, 1.807) is 7.05 Å². The average molecular weight is 199 g/mol. The van der Waals surface area contributed by atoms with Crippen LogP contribution in [0.15, 0.2) is 6.33 Å². The van der Waals surface area contributed by atoms with Crippen LogP contribution in [-0.4, -0.2) is 39.9 Å². The Balaban J connectivity index is 2.56. The van der Waals surface area contributed by atoms with Crippen LogP contribution in [-0.2, 0) is 0 Å². The largest absolute Gasteiger partial charge is 0.390 e. The molecule has 14 heavy (non-hydrogen) atoms. The molecule has 1 aromatic heterocycles. The van der Waals surface area contributed by atoms with Gasteiger partial charge in [0.25, 0.3) is 0 Å². The Labute approximate surface area is 83.2 Å². The monoisotopic (exact) mass is 199 g/mol. The maximum absolute atomic E-state index is 9.73. The van der Waals surface area contributed by atoms with Gasteiger partial charge in [0, 0.05) is 5.69 Å². The average Bonchev–Trinajstić information content (AvgIpc) is 2.59. The third kappa shape index (κ3) is 2.54. The lowest BCUT2D eigenvalue weighted by Crippen LogP contribution is -2.24. The van der Waals surface area contributed by atoms with Gasteiger partial charge in [0.2, 0.25) is 0 Å². The number of aromatic amines is 1. The van der Waals surface area contributed by atoms with E-state index in [4.69, 9.17) is 0 Å². The van der Waals surface area contributed by atoms with Crippen molar-refractivity contribution in [3.8, 4) is 0 Å². The van der Waals surface area contributed by atoms with Crippen LogP contribution in [0.3, 0.4) is 0 Å². The molecular weight excluding hydrogens is 182 g/mol. The molecule has 0 bridgehead atoms. The zero-order chi connectivity index (χ0) is 10.6. The third-order valence-electron chi connectivity index (χ3n) is 2.20. The second-order valence-electron chi connectivity index (χ2n) is 3.32. The molecule has 0 aliphatic carbocycles. The Morgan fingerprint density at radius 1 is 1.57 bits per heavy atom. The van der Waals surface area contributed by atoms with Gasteiger partial charge in [0.1, 0.15) is 6.10 Å². The van der Waals surface area contributed by atoms with Crippen molar-refractivity contribution in [1.29, 1.82) is 0 Å². The number of hydrogen-bond donors (Lipinski definition) is 4. The Morgan fingerprint density at radius 2 is 2.29 bits per heavy atom. The minimum absolute atomic E-state index is 0.504. The van der Waals surface area contributed by atoms with Crippen LogP contribution in [0.4, 0.5) is 0 Å². The highest BCUT2D eigenvalue weighted by Gasteiger charge is 2.21. The van der Waals surface area contributed by atoms with Gasteiger partial charge in [0.05, 0.1) is 18.1 Å². The first-order valence-electron chi connectivity index (χ1n) is 4.67. The van der Waals surface area contributed by atoms with Crippen molar-refractivity contribution in [2.45, 2.75) is 25.6 Å². The highest BCUT2D eigenvalue weighted by molar-refractivity contribution is 5.12. The van der Waals surface area contributed by atoms with Gasteiger partial charge in [-0.15, -0.1) is 0 Å². The van der Waals surface area contributed by atoms with Gasteiger partial charge in [-0.25, -0.2) is 4.98 Å². The first-order valence-corrected chi connectivity index (χ1v) is 4.67. The Morgan fingerprint density at radius 3 is 2.79 bits per heavy atom. The standard InChI is InChI=1S/C9H17N3O2/c1-6-8(12-5-11-6)9(14)7(13)3-4-10-2/h5,7,9-10,13-14H,3-4H2,1-2H3,(H,11,12). The molecule has 1 heterocycles. The zero-order valence-electron chi connectivity index (χ0n) is 8.49. The zero-order valence-corrected chi connectivity index (χ0v) is 8.49. The molecule has 2 atom stereocenters. The Bertz CT molecular complexity index is 275. The van der Waals surface area contributed by atoms with E-state index in [1.807, 2.05) is 6.92 Å².